The molecule has 2 N–H and O–H groups in total. The van der Waals surface area contributed by atoms with Gasteiger partial charge in [-0.2, -0.15) is 0 Å². The number of carbonyl (C=O) groups excluding carboxylic acids is 1. The summed E-state index contributed by atoms with van der Waals surface area (Å²) in [4.78, 5) is 11.9. The third-order valence-corrected chi connectivity index (χ3v) is 2.56. The van der Waals surface area contributed by atoms with E-state index in [1.54, 1.807) is 0 Å². The Labute approximate surface area is 109 Å². The van der Waals surface area contributed by atoms with Gasteiger partial charge in [-0.1, -0.05) is 19.9 Å². The largest absolute Gasteiger partial charge is 0.494 e. The third-order valence-electron chi connectivity index (χ3n) is 2.56. The minimum atomic E-state index is -0.0549. The first kappa shape index (κ1) is 14.5. The maximum absolute atomic E-state index is 11.9. The molecule has 1 aromatic rings. The Balaban J connectivity index is 2.55. The third kappa shape index (κ3) is 4.75. The highest BCUT2D eigenvalue weighted by Crippen LogP contribution is 2.17. The average Bonchev–Trinajstić information content (AvgIpc) is 2.36. The molecule has 0 saturated carbocycles. The van der Waals surface area contributed by atoms with Gasteiger partial charge in [0.2, 0.25) is 5.91 Å². The number of hydrogen-bond donors (Lipinski definition) is 2. The summed E-state index contributed by atoms with van der Waals surface area (Å²) in [6.07, 6.45) is 0. The van der Waals surface area contributed by atoms with Crippen LogP contribution in [-0.4, -0.2) is 25.6 Å². The van der Waals surface area contributed by atoms with Gasteiger partial charge in [-0.25, -0.2) is 0 Å². The minimum Gasteiger partial charge on any atom is -0.494 e. The van der Waals surface area contributed by atoms with Crippen LogP contribution in [0.15, 0.2) is 24.3 Å². The lowest BCUT2D eigenvalue weighted by Gasteiger charge is -2.13. The molecule has 4 nitrogen and oxygen atoms in total. The molecule has 0 aliphatic heterocycles. The molecule has 1 rings (SSSR count). The van der Waals surface area contributed by atoms with Crippen molar-refractivity contribution in [3.05, 3.63) is 24.3 Å². The number of nitrogens with one attached hydrogen (secondary N) is 2. The molecule has 1 aromatic carbocycles. The molecule has 0 bridgehead atoms. The summed E-state index contributed by atoms with van der Waals surface area (Å²) in [7, 11) is 0. The highest BCUT2D eigenvalue weighted by molar-refractivity contribution is 5.92. The molecule has 18 heavy (non-hydrogen) atoms. The molecule has 0 saturated heterocycles. The Hall–Kier alpha value is -1.55. The Morgan fingerprint density at radius 3 is 2.83 bits per heavy atom. The number of benzene rings is 1. The quantitative estimate of drug-likeness (QED) is 0.780. The van der Waals surface area contributed by atoms with E-state index in [2.05, 4.69) is 10.6 Å². The van der Waals surface area contributed by atoms with E-state index in [0.717, 1.165) is 18.0 Å². The fraction of sp³-hybridized carbons (Fsp3) is 0.500. The SMILES string of the molecule is CCNCC(C)C(=O)Nc1cccc(OCC)c1. The molecule has 0 aliphatic carbocycles. The van der Waals surface area contributed by atoms with E-state index >= 15 is 0 Å². The lowest BCUT2D eigenvalue weighted by Crippen LogP contribution is -2.30. The summed E-state index contributed by atoms with van der Waals surface area (Å²) in [6, 6.07) is 7.44. The monoisotopic (exact) mass is 250 g/mol. The van der Waals surface area contributed by atoms with Crippen LogP contribution in [-0.2, 0) is 4.79 Å². The van der Waals surface area contributed by atoms with Gasteiger partial charge in [-0.15, -0.1) is 0 Å². The Morgan fingerprint density at radius 2 is 2.17 bits per heavy atom. The topological polar surface area (TPSA) is 50.4 Å². The van der Waals surface area contributed by atoms with Crippen LogP contribution >= 0.6 is 0 Å². The molecule has 4 heteroatoms. The normalized spacial score (nSPS) is 11.9. The standard InChI is InChI=1S/C14H22N2O2/c1-4-15-10-11(3)14(17)16-12-7-6-8-13(9-12)18-5-2/h6-9,11,15H,4-5,10H2,1-3H3,(H,16,17). The van der Waals surface area contributed by atoms with Gasteiger partial charge in [-0.05, 0) is 25.6 Å². The van der Waals surface area contributed by atoms with Gasteiger partial charge in [0, 0.05) is 24.2 Å². The summed E-state index contributed by atoms with van der Waals surface area (Å²) in [5.74, 6) is 0.736. The number of rotatable bonds is 7. The molecule has 0 spiro atoms. The van der Waals surface area contributed by atoms with Crippen LogP contribution in [0.25, 0.3) is 0 Å². The molecule has 0 fully saturated rings. The van der Waals surface area contributed by atoms with Gasteiger partial charge in [-0.3, -0.25) is 4.79 Å². The predicted octanol–water partition coefficient (Wildman–Crippen LogP) is 2.27. The summed E-state index contributed by atoms with van der Waals surface area (Å²) in [6.45, 7) is 8.05. The number of anilines is 1. The van der Waals surface area contributed by atoms with Gasteiger partial charge in [0.05, 0.1) is 6.61 Å². The van der Waals surface area contributed by atoms with Crippen molar-refractivity contribution in [2.45, 2.75) is 20.8 Å². The van der Waals surface area contributed by atoms with Crippen molar-refractivity contribution in [3.63, 3.8) is 0 Å². The average molecular weight is 250 g/mol. The van der Waals surface area contributed by atoms with Crippen LogP contribution in [0.4, 0.5) is 5.69 Å². The first-order valence-electron chi connectivity index (χ1n) is 6.41. The lowest BCUT2D eigenvalue weighted by atomic mass is 10.1. The molecule has 0 heterocycles. The smallest absolute Gasteiger partial charge is 0.228 e. The Bertz CT molecular complexity index is 380. The zero-order valence-electron chi connectivity index (χ0n) is 11.3. The molecular weight excluding hydrogens is 228 g/mol. The Kier molecular flexibility index (Phi) is 6.22. The van der Waals surface area contributed by atoms with E-state index < -0.39 is 0 Å². The second-order valence-electron chi connectivity index (χ2n) is 4.16. The lowest BCUT2D eigenvalue weighted by molar-refractivity contribution is -0.119. The van der Waals surface area contributed by atoms with Crippen molar-refractivity contribution < 1.29 is 9.53 Å². The minimum absolute atomic E-state index is 0.0181. The van der Waals surface area contributed by atoms with E-state index in [1.165, 1.54) is 0 Å². The van der Waals surface area contributed by atoms with Crippen molar-refractivity contribution >= 4 is 11.6 Å². The summed E-state index contributed by atoms with van der Waals surface area (Å²) in [5, 5.41) is 6.05. The number of carbonyl (C=O) groups is 1. The molecular formula is C14H22N2O2. The summed E-state index contributed by atoms with van der Waals surface area (Å²) >= 11 is 0. The Morgan fingerprint density at radius 1 is 1.39 bits per heavy atom. The van der Waals surface area contributed by atoms with Crippen molar-refractivity contribution in [1.82, 2.24) is 5.32 Å². The van der Waals surface area contributed by atoms with Crippen LogP contribution in [0.2, 0.25) is 0 Å². The molecule has 0 aliphatic rings. The van der Waals surface area contributed by atoms with Crippen LogP contribution in [0.3, 0.4) is 0 Å². The van der Waals surface area contributed by atoms with Gasteiger partial charge in [0.1, 0.15) is 5.75 Å². The van der Waals surface area contributed by atoms with E-state index in [9.17, 15) is 4.79 Å². The van der Waals surface area contributed by atoms with Crippen molar-refractivity contribution in [3.8, 4) is 5.75 Å². The van der Waals surface area contributed by atoms with Gasteiger partial charge < -0.3 is 15.4 Å². The van der Waals surface area contributed by atoms with Crippen LogP contribution in [0, 0.1) is 5.92 Å². The highest BCUT2D eigenvalue weighted by Gasteiger charge is 2.12. The van der Waals surface area contributed by atoms with E-state index in [1.807, 2.05) is 45.0 Å². The van der Waals surface area contributed by atoms with Crippen LogP contribution in [0.5, 0.6) is 5.75 Å². The van der Waals surface area contributed by atoms with E-state index in [4.69, 9.17) is 4.74 Å². The summed E-state index contributed by atoms with van der Waals surface area (Å²) < 4.78 is 5.39. The molecule has 1 unspecified atom stereocenters. The van der Waals surface area contributed by atoms with Gasteiger partial charge >= 0.3 is 0 Å². The van der Waals surface area contributed by atoms with E-state index in [0.29, 0.717) is 13.2 Å². The zero-order chi connectivity index (χ0) is 13.4. The second-order valence-corrected chi connectivity index (χ2v) is 4.16. The highest BCUT2D eigenvalue weighted by atomic mass is 16.5. The fourth-order valence-corrected chi connectivity index (χ4v) is 1.55. The first-order valence-corrected chi connectivity index (χ1v) is 6.41. The number of amides is 1. The number of hydrogen-bond acceptors (Lipinski definition) is 3. The zero-order valence-corrected chi connectivity index (χ0v) is 11.3. The molecule has 0 aromatic heterocycles. The van der Waals surface area contributed by atoms with Gasteiger partial charge in [0.25, 0.3) is 0 Å². The maximum atomic E-state index is 11.9. The van der Waals surface area contributed by atoms with E-state index in [-0.39, 0.29) is 11.8 Å². The van der Waals surface area contributed by atoms with Crippen LogP contribution < -0.4 is 15.4 Å². The molecule has 1 atom stereocenters. The molecule has 100 valence electrons. The maximum Gasteiger partial charge on any atom is 0.228 e. The molecule has 0 radical (unpaired) electrons. The fourth-order valence-electron chi connectivity index (χ4n) is 1.55. The second kappa shape index (κ2) is 7.71. The predicted molar refractivity (Wildman–Crippen MR) is 73.9 cm³/mol. The first-order chi connectivity index (χ1) is 8.67. The number of ether oxygens (including phenoxy) is 1. The van der Waals surface area contributed by atoms with Crippen LogP contribution in [0.1, 0.15) is 20.8 Å². The van der Waals surface area contributed by atoms with Crippen molar-refractivity contribution in [2.75, 3.05) is 25.0 Å². The molecule has 1 amide bonds. The summed E-state index contributed by atoms with van der Waals surface area (Å²) in [5.41, 5.74) is 0.772. The van der Waals surface area contributed by atoms with Crippen molar-refractivity contribution in [1.29, 1.82) is 0 Å². The van der Waals surface area contributed by atoms with Crippen molar-refractivity contribution in [2.24, 2.45) is 5.92 Å². The van der Waals surface area contributed by atoms with Gasteiger partial charge in [0.15, 0.2) is 0 Å².